The van der Waals surface area contributed by atoms with Crippen LogP contribution in [0.1, 0.15) is 38.2 Å². The van der Waals surface area contributed by atoms with Crippen LogP contribution in [0.15, 0.2) is 54.6 Å². The van der Waals surface area contributed by atoms with Crippen LogP contribution < -0.4 is 14.4 Å². The van der Waals surface area contributed by atoms with Crippen molar-refractivity contribution >= 4 is 27.7 Å². The lowest BCUT2D eigenvalue weighted by Gasteiger charge is -2.33. The van der Waals surface area contributed by atoms with Gasteiger partial charge < -0.3 is 15.0 Å². The predicted octanol–water partition coefficient (Wildman–Crippen LogP) is 2.78. The van der Waals surface area contributed by atoms with Crippen molar-refractivity contribution in [3.63, 3.8) is 0 Å². The lowest BCUT2D eigenvalue weighted by Crippen LogP contribution is -2.53. The van der Waals surface area contributed by atoms with Crippen LogP contribution in [-0.4, -0.2) is 69.3 Å². The van der Waals surface area contributed by atoms with Gasteiger partial charge in [0.15, 0.2) is 0 Å². The van der Waals surface area contributed by atoms with E-state index in [-0.39, 0.29) is 18.5 Å². The fourth-order valence-electron chi connectivity index (χ4n) is 4.21. The lowest BCUT2D eigenvalue weighted by molar-refractivity contribution is -0.139. The molecule has 1 N–H and O–H groups in total. The average molecular weight is 517 g/mol. The normalized spacial score (nSPS) is 14.9. The summed E-state index contributed by atoms with van der Waals surface area (Å²) in [6, 6.07) is 15.0. The Labute approximate surface area is 214 Å². The summed E-state index contributed by atoms with van der Waals surface area (Å²) in [5.74, 6) is -0.0457. The number of amides is 2. The van der Waals surface area contributed by atoms with E-state index in [2.05, 4.69) is 5.32 Å². The van der Waals surface area contributed by atoms with Gasteiger partial charge in [-0.2, -0.15) is 12.7 Å². The van der Waals surface area contributed by atoms with Gasteiger partial charge in [-0.3, -0.25) is 9.59 Å². The topological polar surface area (TPSA) is 99.3 Å². The zero-order valence-corrected chi connectivity index (χ0v) is 22.2. The van der Waals surface area contributed by atoms with E-state index in [0.29, 0.717) is 11.4 Å². The molecule has 196 valence electrons. The van der Waals surface area contributed by atoms with Crippen LogP contribution in [0.2, 0.25) is 0 Å². The lowest BCUT2D eigenvalue weighted by atomic mass is 10.1. The Morgan fingerprint density at radius 2 is 1.64 bits per heavy atom. The number of carbonyl (C=O) groups is 2. The zero-order valence-electron chi connectivity index (χ0n) is 21.4. The van der Waals surface area contributed by atoms with Crippen molar-refractivity contribution in [1.82, 2.24) is 14.5 Å². The highest BCUT2D eigenvalue weighted by molar-refractivity contribution is 7.90. The van der Waals surface area contributed by atoms with Gasteiger partial charge >= 0.3 is 10.2 Å². The molecule has 3 rings (SSSR count). The van der Waals surface area contributed by atoms with Crippen molar-refractivity contribution in [3.05, 3.63) is 60.2 Å². The largest absolute Gasteiger partial charge is 0.497 e. The number of nitrogens with zero attached hydrogens (tertiary/aromatic N) is 3. The highest BCUT2D eigenvalue weighted by atomic mass is 32.2. The Morgan fingerprint density at radius 3 is 2.19 bits per heavy atom. The highest BCUT2D eigenvalue weighted by Crippen LogP contribution is 2.22. The van der Waals surface area contributed by atoms with E-state index in [0.717, 1.165) is 39.9 Å². The second kappa shape index (κ2) is 12.2. The molecule has 0 spiro atoms. The summed E-state index contributed by atoms with van der Waals surface area (Å²) in [6.45, 7) is 1.38. The third-order valence-electron chi connectivity index (χ3n) is 6.44. The molecule has 1 atom stereocenters. The first kappa shape index (κ1) is 27.5. The number of para-hydroxylation sites is 1. The Hall–Kier alpha value is -3.11. The predicted molar refractivity (Wildman–Crippen MR) is 140 cm³/mol. The zero-order chi connectivity index (χ0) is 26.3. The van der Waals surface area contributed by atoms with Gasteiger partial charge in [0.25, 0.3) is 0 Å². The van der Waals surface area contributed by atoms with E-state index >= 15 is 0 Å². The van der Waals surface area contributed by atoms with E-state index in [1.807, 2.05) is 12.1 Å². The number of ether oxygens (including phenoxy) is 1. The van der Waals surface area contributed by atoms with E-state index in [1.165, 1.54) is 19.0 Å². The summed E-state index contributed by atoms with van der Waals surface area (Å²) in [7, 11) is 0.446. The molecule has 0 aromatic heterocycles. The summed E-state index contributed by atoms with van der Waals surface area (Å²) in [4.78, 5) is 28.3. The molecular formula is C26H36N4O5S. The quantitative estimate of drug-likeness (QED) is 0.495. The van der Waals surface area contributed by atoms with Gasteiger partial charge in [0, 0.05) is 26.7 Å². The smallest absolute Gasteiger partial charge is 0.304 e. The first-order chi connectivity index (χ1) is 17.1. The molecule has 1 aliphatic rings. The van der Waals surface area contributed by atoms with Gasteiger partial charge in [0.2, 0.25) is 11.8 Å². The van der Waals surface area contributed by atoms with Gasteiger partial charge in [-0.05, 0) is 49.6 Å². The van der Waals surface area contributed by atoms with Crippen molar-refractivity contribution in [2.24, 2.45) is 0 Å². The van der Waals surface area contributed by atoms with Crippen molar-refractivity contribution in [2.75, 3.05) is 32.1 Å². The van der Waals surface area contributed by atoms with Crippen molar-refractivity contribution in [3.8, 4) is 5.75 Å². The summed E-state index contributed by atoms with van der Waals surface area (Å²) in [5, 5.41) is 3.06. The molecule has 1 fully saturated rings. The maximum absolute atomic E-state index is 13.7. The molecule has 9 nitrogen and oxygen atoms in total. The van der Waals surface area contributed by atoms with Crippen molar-refractivity contribution in [2.45, 2.75) is 51.2 Å². The third-order valence-corrected chi connectivity index (χ3v) is 8.26. The van der Waals surface area contributed by atoms with Gasteiger partial charge in [-0.1, -0.05) is 43.2 Å². The molecule has 36 heavy (non-hydrogen) atoms. The Kier molecular flexibility index (Phi) is 9.33. The molecule has 1 aliphatic carbocycles. The minimum Gasteiger partial charge on any atom is -0.497 e. The molecule has 0 bridgehead atoms. The highest BCUT2D eigenvalue weighted by Gasteiger charge is 2.33. The van der Waals surface area contributed by atoms with Crippen LogP contribution in [0.4, 0.5) is 5.69 Å². The molecule has 0 saturated heterocycles. The molecular weight excluding hydrogens is 480 g/mol. The first-order valence-electron chi connectivity index (χ1n) is 12.1. The van der Waals surface area contributed by atoms with Crippen LogP contribution in [0, 0.1) is 0 Å². The van der Waals surface area contributed by atoms with Crippen LogP contribution in [0.5, 0.6) is 5.75 Å². The molecule has 0 unspecified atom stereocenters. The van der Waals surface area contributed by atoms with Crippen LogP contribution in [-0.2, 0) is 26.3 Å². The second-order valence-corrected chi connectivity index (χ2v) is 11.2. The number of hydrogen-bond acceptors (Lipinski definition) is 5. The standard InChI is InChI=1S/C26H36N4O5S/c1-20(26(32)27-22-10-8-9-11-22)29(18-21-14-16-24(35-4)17-15-21)25(31)19-30(36(33,34)28(2)3)23-12-6-5-7-13-23/h5-7,12-17,20,22H,8-11,18-19H2,1-4H3,(H,27,32)/t20-/m0/s1. The number of hydrogen-bond donors (Lipinski definition) is 1. The molecule has 10 heteroatoms. The second-order valence-electron chi connectivity index (χ2n) is 9.17. The number of nitrogens with one attached hydrogen (secondary N) is 1. The van der Waals surface area contributed by atoms with Gasteiger partial charge in [-0.15, -0.1) is 0 Å². The third kappa shape index (κ3) is 6.76. The Balaban J connectivity index is 1.90. The van der Waals surface area contributed by atoms with E-state index in [9.17, 15) is 18.0 Å². The van der Waals surface area contributed by atoms with Crippen molar-refractivity contribution in [1.29, 1.82) is 0 Å². The molecule has 2 aromatic carbocycles. The van der Waals surface area contributed by atoms with E-state index in [1.54, 1.807) is 56.5 Å². The van der Waals surface area contributed by atoms with E-state index < -0.39 is 28.7 Å². The van der Waals surface area contributed by atoms with E-state index in [4.69, 9.17) is 4.74 Å². The van der Waals surface area contributed by atoms with Gasteiger partial charge in [0.05, 0.1) is 12.8 Å². The monoisotopic (exact) mass is 516 g/mol. The van der Waals surface area contributed by atoms with Crippen LogP contribution in [0.3, 0.4) is 0 Å². The first-order valence-corrected chi connectivity index (χ1v) is 13.5. The maximum Gasteiger partial charge on any atom is 0.304 e. The number of rotatable bonds is 11. The fraction of sp³-hybridized carbons (Fsp3) is 0.462. The molecule has 2 amide bonds. The Bertz CT molecular complexity index is 1120. The fourth-order valence-corrected chi connectivity index (χ4v) is 5.27. The maximum atomic E-state index is 13.7. The number of methoxy groups -OCH3 is 1. The Morgan fingerprint density at radius 1 is 1.03 bits per heavy atom. The average Bonchev–Trinajstić information content (AvgIpc) is 3.39. The molecule has 1 saturated carbocycles. The molecule has 0 radical (unpaired) electrons. The summed E-state index contributed by atoms with van der Waals surface area (Å²) >= 11 is 0. The van der Waals surface area contributed by atoms with Gasteiger partial charge in [-0.25, -0.2) is 4.31 Å². The summed E-state index contributed by atoms with van der Waals surface area (Å²) in [6.07, 6.45) is 3.99. The molecule has 0 aliphatic heterocycles. The number of anilines is 1. The van der Waals surface area contributed by atoms with Crippen LogP contribution >= 0.6 is 0 Å². The summed E-state index contributed by atoms with van der Waals surface area (Å²) in [5.41, 5.74) is 1.17. The van der Waals surface area contributed by atoms with Gasteiger partial charge in [0.1, 0.15) is 18.3 Å². The molecule has 0 heterocycles. The number of carbonyl (C=O) groups excluding carboxylic acids is 2. The summed E-state index contributed by atoms with van der Waals surface area (Å²) < 4.78 is 33.6. The van der Waals surface area contributed by atoms with Crippen LogP contribution in [0.25, 0.3) is 0 Å². The number of benzene rings is 2. The van der Waals surface area contributed by atoms with Crippen molar-refractivity contribution < 1.29 is 22.7 Å². The minimum atomic E-state index is -3.96. The SMILES string of the molecule is COc1ccc(CN(C(=O)CN(c2ccccc2)S(=O)(=O)N(C)C)[C@@H](C)C(=O)NC2CCCC2)cc1. The molecule has 2 aromatic rings. The minimum absolute atomic E-state index is 0.104.